The summed E-state index contributed by atoms with van der Waals surface area (Å²) in [6.07, 6.45) is 7.28. The highest BCUT2D eigenvalue weighted by molar-refractivity contribution is 5.91. The zero-order valence-corrected chi connectivity index (χ0v) is 22.1. The van der Waals surface area contributed by atoms with E-state index >= 15 is 0 Å². The van der Waals surface area contributed by atoms with E-state index in [1.807, 2.05) is 13.0 Å². The molecule has 0 aromatic rings. The van der Waals surface area contributed by atoms with E-state index in [4.69, 9.17) is 9.47 Å². The highest BCUT2D eigenvalue weighted by Gasteiger charge is 2.73. The van der Waals surface area contributed by atoms with Crippen molar-refractivity contribution in [2.45, 2.75) is 117 Å². The molecule has 6 heteroatoms. The Kier molecular flexibility index (Phi) is 6.29. The minimum absolute atomic E-state index is 0.0102. The molecular weight excluding hydrogens is 444 g/mol. The van der Waals surface area contributed by atoms with Gasteiger partial charge in [-0.1, -0.05) is 26.3 Å². The van der Waals surface area contributed by atoms with Gasteiger partial charge >= 0.3 is 5.97 Å². The van der Waals surface area contributed by atoms with Gasteiger partial charge in [0.05, 0.1) is 11.7 Å². The maximum absolute atomic E-state index is 12.2. The van der Waals surface area contributed by atoms with Crippen molar-refractivity contribution in [3.63, 3.8) is 0 Å². The van der Waals surface area contributed by atoms with E-state index in [2.05, 4.69) is 20.8 Å². The smallest absolute Gasteiger partial charge is 0.302 e. The lowest BCUT2D eigenvalue weighted by molar-refractivity contribution is -0.339. The number of esters is 1. The fourth-order valence-electron chi connectivity index (χ4n) is 9.44. The summed E-state index contributed by atoms with van der Waals surface area (Å²) in [6.45, 7) is 9.92. The summed E-state index contributed by atoms with van der Waals surface area (Å²) in [5, 5.41) is 23.7. The Morgan fingerprint density at radius 3 is 2.63 bits per heavy atom. The zero-order valence-electron chi connectivity index (χ0n) is 22.1. The Labute approximate surface area is 209 Å². The SMILES string of the molecule is CC(=O)OC1CC2C3CCC4=CC(=O)CC[C@]4(C)C3CC[C@@]23[C@H](O)O[C@H](CCC(C)C)[C@](C)(O)[C@@H]13. The average Bonchev–Trinajstić information content (AvgIpc) is 3.11. The quantitative estimate of drug-likeness (QED) is 0.564. The molecule has 5 rings (SSSR count). The van der Waals surface area contributed by atoms with Crippen LogP contribution < -0.4 is 0 Å². The number of ether oxygens (including phenoxy) is 2. The molecular formula is C29H44O6. The van der Waals surface area contributed by atoms with Crippen molar-refractivity contribution in [2.75, 3.05) is 0 Å². The van der Waals surface area contributed by atoms with Crippen molar-refractivity contribution in [1.29, 1.82) is 0 Å². The first-order valence-corrected chi connectivity index (χ1v) is 13.9. The number of hydrogen-bond donors (Lipinski definition) is 2. The Morgan fingerprint density at radius 1 is 1.20 bits per heavy atom. The molecule has 0 amide bonds. The van der Waals surface area contributed by atoms with E-state index < -0.39 is 29.5 Å². The number of fused-ring (bicyclic) bond motifs is 4. The summed E-state index contributed by atoms with van der Waals surface area (Å²) in [5.41, 5.74) is -0.507. The van der Waals surface area contributed by atoms with Gasteiger partial charge in [0.15, 0.2) is 12.1 Å². The minimum atomic E-state index is -1.20. The van der Waals surface area contributed by atoms with E-state index in [0.29, 0.717) is 37.0 Å². The second kappa shape index (κ2) is 8.66. The number of allylic oxidation sites excluding steroid dienone is 1. The van der Waals surface area contributed by atoms with Crippen LogP contribution in [0.2, 0.25) is 0 Å². The van der Waals surface area contributed by atoms with Crippen LogP contribution in [0.4, 0.5) is 0 Å². The van der Waals surface area contributed by atoms with Gasteiger partial charge in [-0.25, -0.2) is 0 Å². The largest absolute Gasteiger partial charge is 0.462 e. The zero-order chi connectivity index (χ0) is 25.3. The van der Waals surface area contributed by atoms with Crippen LogP contribution in [0.25, 0.3) is 0 Å². The van der Waals surface area contributed by atoms with Crippen LogP contribution >= 0.6 is 0 Å². The van der Waals surface area contributed by atoms with Crippen molar-refractivity contribution in [1.82, 2.24) is 0 Å². The Balaban J connectivity index is 1.52. The lowest BCUT2D eigenvalue weighted by Gasteiger charge is -2.63. The van der Waals surface area contributed by atoms with E-state index in [9.17, 15) is 19.8 Å². The fraction of sp³-hybridized carbons (Fsp3) is 0.862. The molecule has 0 bridgehead atoms. The number of carbonyl (C=O) groups is 2. The molecule has 1 spiro atoms. The van der Waals surface area contributed by atoms with Crippen LogP contribution in [0.15, 0.2) is 11.6 Å². The third kappa shape index (κ3) is 3.76. The average molecular weight is 489 g/mol. The van der Waals surface area contributed by atoms with E-state index in [1.54, 1.807) is 0 Å². The second-order valence-corrected chi connectivity index (χ2v) is 13.2. The normalized spacial score (nSPS) is 49.0. The molecule has 1 aliphatic heterocycles. The molecule has 0 aromatic heterocycles. The first kappa shape index (κ1) is 25.4. The summed E-state index contributed by atoms with van der Waals surface area (Å²) < 4.78 is 12.2. The maximum atomic E-state index is 12.2. The number of aliphatic hydroxyl groups excluding tert-OH is 1. The topological polar surface area (TPSA) is 93.1 Å². The van der Waals surface area contributed by atoms with Crippen molar-refractivity contribution in [3.05, 3.63) is 11.6 Å². The molecule has 2 N–H and O–H groups in total. The Morgan fingerprint density at radius 2 is 1.94 bits per heavy atom. The van der Waals surface area contributed by atoms with Gasteiger partial charge in [0.1, 0.15) is 6.10 Å². The lowest BCUT2D eigenvalue weighted by Crippen LogP contribution is -2.68. The number of rotatable bonds is 4. The molecule has 1 saturated heterocycles. The standard InChI is InChI=1S/C29H44O6/c1-16(2)6-9-24-28(5,33)25-23(34-17(3)30)15-22-20-8-7-18-14-19(31)10-12-27(18,4)21(20)11-13-29(22,25)26(32)35-24/h14,16,20-26,32-33H,6-13,15H2,1-5H3/t20?,21?,22?,23?,24-,25-,26-,27+,28+,29-/m1/s1. The molecule has 10 atom stereocenters. The number of carbonyl (C=O) groups excluding carboxylic acids is 2. The molecule has 4 aliphatic carbocycles. The molecule has 0 aromatic carbocycles. The van der Waals surface area contributed by atoms with Crippen molar-refractivity contribution in [3.8, 4) is 0 Å². The summed E-state index contributed by atoms with van der Waals surface area (Å²) in [5.74, 6) is 0.914. The second-order valence-electron chi connectivity index (χ2n) is 13.2. The number of ketones is 1. The fourth-order valence-corrected chi connectivity index (χ4v) is 9.44. The van der Waals surface area contributed by atoms with Crippen LogP contribution in [0.3, 0.4) is 0 Å². The predicted octanol–water partition coefficient (Wildman–Crippen LogP) is 4.56. The van der Waals surface area contributed by atoms with Crippen molar-refractivity contribution >= 4 is 11.8 Å². The van der Waals surface area contributed by atoms with Crippen LogP contribution in [-0.4, -0.2) is 46.1 Å². The van der Waals surface area contributed by atoms with E-state index in [0.717, 1.165) is 38.5 Å². The van der Waals surface area contributed by atoms with Gasteiger partial charge in [-0.15, -0.1) is 0 Å². The van der Waals surface area contributed by atoms with Crippen LogP contribution in [0.5, 0.6) is 0 Å². The minimum Gasteiger partial charge on any atom is -0.462 e. The lowest BCUT2D eigenvalue weighted by atomic mass is 9.45. The molecule has 3 saturated carbocycles. The molecule has 1 heterocycles. The van der Waals surface area contributed by atoms with Gasteiger partial charge in [0, 0.05) is 24.7 Å². The molecule has 35 heavy (non-hydrogen) atoms. The highest BCUT2D eigenvalue weighted by Crippen LogP contribution is 2.71. The van der Waals surface area contributed by atoms with Crippen LogP contribution in [0.1, 0.15) is 92.4 Å². The molecule has 5 aliphatic rings. The van der Waals surface area contributed by atoms with E-state index in [1.165, 1.54) is 12.5 Å². The maximum Gasteiger partial charge on any atom is 0.302 e. The Bertz CT molecular complexity index is 907. The predicted molar refractivity (Wildman–Crippen MR) is 131 cm³/mol. The molecule has 4 unspecified atom stereocenters. The molecule has 6 nitrogen and oxygen atoms in total. The highest BCUT2D eigenvalue weighted by atomic mass is 16.6. The third-order valence-corrected chi connectivity index (χ3v) is 10.9. The van der Waals surface area contributed by atoms with Gasteiger partial charge < -0.3 is 19.7 Å². The number of hydrogen-bond acceptors (Lipinski definition) is 6. The summed E-state index contributed by atoms with van der Waals surface area (Å²) in [4.78, 5) is 24.4. The van der Waals surface area contributed by atoms with Crippen LogP contribution in [0, 0.1) is 40.4 Å². The Hall–Kier alpha value is -1.24. The van der Waals surface area contributed by atoms with Gasteiger partial charge in [0.2, 0.25) is 0 Å². The molecule has 196 valence electrons. The first-order valence-electron chi connectivity index (χ1n) is 13.9. The van der Waals surface area contributed by atoms with Gasteiger partial charge in [-0.05, 0) is 93.5 Å². The third-order valence-electron chi connectivity index (χ3n) is 10.9. The summed E-state index contributed by atoms with van der Waals surface area (Å²) in [6, 6.07) is 0. The van der Waals surface area contributed by atoms with Gasteiger partial charge in [-0.2, -0.15) is 0 Å². The first-order chi connectivity index (χ1) is 16.4. The summed E-state index contributed by atoms with van der Waals surface area (Å²) >= 11 is 0. The van der Waals surface area contributed by atoms with E-state index in [-0.39, 0.29) is 29.0 Å². The van der Waals surface area contributed by atoms with Gasteiger partial charge in [0.25, 0.3) is 0 Å². The molecule has 4 fully saturated rings. The van der Waals surface area contributed by atoms with Crippen molar-refractivity contribution < 1.29 is 29.3 Å². The monoisotopic (exact) mass is 488 g/mol. The number of aliphatic hydroxyl groups is 2. The molecule has 0 radical (unpaired) electrons. The van der Waals surface area contributed by atoms with Gasteiger partial charge in [-0.3, -0.25) is 9.59 Å². The summed E-state index contributed by atoms with van der Waals surface area (Å²) in [7, 11) is 0. The van der Waals surface area contributed by atoms with Crippen LogP contribution in [-0.2, 0) is 19.1 Å². The van der Waals surface area contributed by atoms with Crippen molar-refractivity contribution in [2.24, 2.45) is 40.4 Å².